The van der Waals surface area contributed by atoms with Crippen LogP contribution in [0.2, 0.25) is 0 Å². The number of aryl methyl sites for hydroxylation is 3. The fourth-order valence-corrected chi connectivity index (χ4v) is 4.00. The van der Waals surface area contributed by atoms with Crippen LogP contribution >= 0.6 is 11.3 Å². The molecule has 0 atom stereocenters. The lowest BCUT2D eigenvalue weighted by molar-refractivity contribution is -0.117. The van der Waals surface area contributed by atoms with Crippen LogP contribution in [0.5, 0.6) is 0 Å². The SMILES string of the molecule is Cc1ccc(NC(=O)CN2CCN(C(=O)c3ccc(C)s3)CC2)c(C)c1. The van der Waals surface area contributed by atoms with Crippen LogP contribution in [0.25, 0.3) is 0 Å². The minimum Gasteiger partial charge on any atom is -0.335 e. The van der Waals surface area contributed by atoms with Crippen LogP contribution in [-0.4, -0.2) is 54.3 Å². The van der Waals surface area contributed by atoms with Gasteiger partial charge in [0.05, 0.1) is 11.4 Å². The predicted molar refractivity (Wildman–Crippen MR) is 106 cm³/mol. The molecule has 0 spiro atoms. The second-order valence-electron chi connectivity index (χ2n) is 6.85. The normalized spacial score (nSPS) is 15.1. The van der Waals surface area contributed by atoms with E-state index in [4.69, 9.17) is 0 Å². The van der Waals surface area contributed by atoms with Crippen LogP contribution in [-0.2, 0) is 4.79 Å². The molecular formula is C20H25N3O2S. The van der Waals surface area contributed by atoms with Gasteiger partial charge in [0.2, 0.25) is 5.91 Å². The number of piperazine rings is 1. The van der Waals surface area contributed by atoms with Crippen molar-refractivity contribution >= 4 is 28.8 Å². The van der Waals surface area contributed by atoms with Crippen LogP contribution in [0.1, 0.15) is 25.7 Å². The highest BCUT2D eigenvalue weighted by Crippen LogP contribution is 2.19. The second kappa shape index (κ2) is 8.01. The number of benzene rings is 1. The molecule has 1 aliphatic heterocycles. The molecule has 2 aromatic rings. The maximum absolute atomic E-state index is 12.5. The number of nitrogens with one attached hydrogen (secondary N) is 1. The molecule has 1 fully saturated rings. The highest BCUT2D eigenvalue weighted by molar-refractivity contribution is 7.13. The summed E-state index contributed by atoms with van der Waals surface area (Å²) in [6, 6.07) is 9.88. The fourth-order valence-electron chi connectivity index (χ4n) is 3.16. The molecule has 138 valence electrons. The van der Waals surface area contributed by atoms with Crippen molar-refractivity contribution in [1.82, 2.24) is 9.80 Å². The van der Waals surface area contributed by atoms with Crippen molar-refractivity contribution in [2.24, 2.45) is 0 Å². The summed E-state index contributed by atoms with van der Waals surface area (Å²) >= 11 is 1.54. The lowest BCUT2D eigenvalue weighted by atomic mass is 10.1. The van der Waals surface area contributed by atoms with E-state index in [9.17, 15) is 9.59 Å². The summed E-state index contributed by atoms with van der Waals surface area (Å²) in [4.78, 5) is 30.7. The van der Waals surface area contributed by atoms with Gasteiger partial charge in [-0.3, -0.25) is 14.5 Å². The molecule has 2 heterocycles. The van der Waals surface area contributed by atoms with Gasteiger partial charge in [-0.15, -0.1) is 11.3 Å². The molecule has 0 unspecified atom stereocenters. The lowest BCUT2D eigenvalue weighted by Crippen LogP contribution is -2.50. The van der Waals surface area contributed by atoms with Crippen molar-refractivity contribution in [2.45, 2.75) is 20.8 Å². The lowest BCUT2D eigenvalue weighted by Gasteiger charge is -2.34. The number of carbonyl (C=O) groups excluding carboxylic acids is 2. The first-order valence-corrected chi connectivity index (χ1v) is 9.69. The van der Waals surface area contributed by atoms with E-state index in [0.717, 1.165) is 34.1 Å². The first kappa shape index (κ1) is 18.6. The molecule has 1 aliphatic rings. The standard InChI is InChI=1S/C20H25N3O2S/c1-14-4-6-17(15(2)12-14)21-19(24)13-22-8-10-23(11-9-22)20(25)18-7-5-16(3)26-18/h4-7,12H,8-11,13H2,1-3H3,(H,21,24). The Morgan fingerprint density at radius 3 is 2.38 bits per heavy atom. The smallest absolute Gasteiger partial charge is 0.264 e. The van der Waals surface area contributed by atoms with Gasteiger partial charge in [-0.25, -0.2) is 0 Å². The number of hydrogen-bond acceptors (Lipinski definition) is 4. The number of hydrogen-bond donors (Lipinski definition) is 1. The molecule has 1 aromatic heterocycles. The topological polar surface area (TPSA) is 52.7 Å². The summed E-state index contributed by atoms with van der Waals surface area (Å²) < 4.78 is 0. The van der Waals surface area contributed by atoms with E-state index >= 15 is 0 Å². The third-order valence-electron chi connectivity index (χ3n) is 4.63. The maximum atomic E-state index is 12.5. The third-order valence-corrected chi connectivity index (χ3v) is 5.62. The average molecular weight is 372 g/mol. The predicted octanol–water partition coefficient (Wildman–Crippen LogP) is 3.07. The number of rotatable bonds is 4. The Bertz CT molecular complexity index is 807. The Kier molecular flexibility index (Phi) is 5.74. The number of anilines is 1. The molecule has 1 saturated heterocycles. The zero-order valence-electron chi connectivity index (χ0n) is 15.5. The van der Waals surface area contributed by atoms with Crippen molar-refractivity contribution < 1.29 is 9.59 Å². The van der Waals surface area contributed by atoms with E-state index in [1.165, 1.54) is 16.9 Å². The number of carbonyl (C=O) groups is 2. The monoisotopic (exact) mass is 371 g/mol. The summed E-state index contributed by atoms with van der Waals surface area (Å²) in [5.41, 5.74) is 3.12. The van der Waals surface area contributed by atoms with E-state index in [0.29, 0.717) is 19.6 Å². The summed E-state index contributed by atoms with van der Waals surface area (Å²) in [5.74, 6) is 0.0908. The Labute approximate surface area is 158 Å². The highest BCUT2D eigenvalue weighted by atomic mass is 32.1. The van der Waals surface area contributed by atoms with Gasteiger partial charge in [-0.05, 0) is 44.5 Å². The molecule has 3 rings (SSSR count). The van der Waals surface area contributed by atoms with Gasteiger partial charge in [0.15, 0.2) is 0 Å². The second-order valence-corrected chi connectivity index (χ2v) is 8.13. The van der Waals surface area contributed by atoms with Crippen molar-refractivity contribution in [2.75, 3.05) is 38.0 Å². The molecule has 0 aliphatic carbocycles. The first-order valence-electron chi connectivity index (χ1n) is 8.87. The van der Waals surface area contributed by atoms with Crippen LogP contribution in [0, 0.1) is 20.8 Å². The minimum atomic E-state index is -0.00869. The number of amides is 2. The Balaban J connectivity index is 1.49. The van der Waals surface area contributed by atoms with Gasteiger partial charge in [0.1, 0.15) is 0 Å². The Morgan fingerprint density at radius 1 is 1.04 bits per heavy atom. The van der Waals surface area contributed by atoms with Gasteiger partial charge in [0.25, 0.3) is 5.91 Å². The highest BCUT2D eigenvalue weighted by Gasteiger charge is 2.24. The van der Waals surface area contributed by atoms with E-state index in [1.807, 2.05) is 49.9 Å². The van der Waals surface area contributed by atoms with Gasteiger partial charge in [0, 0.05) is 36.7 Å². The summed E-state index contributed by atoms with van der Waals surface area (Å²) in [6.45, 7) is 9.16. The molecule has 5 nitrogen and oxygen atoms in total. The van der Waals surface area contributed by atoms with Gasteiger partial charge >= 0.3 is 0 Å². The molecule has 6 heteroatoms. The molecule has 0 radical (unpaired) electrons. The zero-order valence-corrected chi connectivity index (χ0v) is 16.4. The average Bonchev–Trinajstić information content (AvgIpc) is 3.04. The van der Waals surface area contributed by atoms with Gasteiger partial charge in [-0.2, -0.15) is 0 Å². The summed E-state index contributed by atoms with van der Waals surface area (Å²) in [6.07, 6.45) is 0. The minimum absolute atomic E-state index is 0.00869. The van der Waals surface area contributed by atoms with E-state index < -0.39 is 0 Å². The van der Waals surface area contributed by atoms with E-state index in [1.54, 1.807) is 0 Å². The zero-order chi connectivity index (χ0) is 18.7. The maximum Gasteiger partial charge on any atom is 0.264 e. The molecule has 1 aromatic carbocycles. The third kappa shape index (κ3) is 4.51. The van der Waals surface area contributed by atoms with E-state index in [-0.39, 0.29) is 11.8 Å². The summed E-state index contributed by atoms with van der Waals surface area (Å²) in [5, 5.41) is 2.99. The number of thiophene rings is 1. The molecule has 2 amide bonds. The molecule has 0 bridgehead atoms. The van der Waals surface area contributed by atoms with Crippen molar-refractivity contribution in [3.05, 3.63) is 51.2 Å². The molecule has 26 heavy (non-hydrogen) atoms. The largest absolute Gasteiger partial charge is 0.335 e. The van der Waals surface area contributed by atoms with Crippen LogP contribution in [0.15, 0.2) is 30.3 Å². The van der Waals surface area contributed by atoms with Crippen LogP contribution < -0.4 is 5.32 Å². The number of nitrogens with zero attached hydrogens (tertiary/aromatic N) is 2. The Hall–Kier alpha value is -2.18. The van der Waals surface area contributed by atoms with Crippen LogP contribution in [0.4, 0.5) is 5.69 Å². The van der Waals surface area contributed by atoms with Crippen molar-refractivity contribution in [3.8, 4) is 0 Å². The van der Waals surface area contributed by atoms with Gasteiger partial charge < -0.3 is 10.2 Å². The van der Waals surface area contributed by atoms with Gasteiger partial charge in [-0.1, -0.05) is 17.7 Å². The van der Waals surface area contributed by atoms with Crippen molar-refractivity contribution in [1.29, 1.82) is 0 Å². The Morgan fingerprint density at radius 2 is 1.77 bits per heavy atom. The van der Waals surface area contributed by atoms with Crippen molar-refractivity contribution in [3.63, 3.8) is 0 Å². The summed E-state index contributed by atoms with van der Waals surface area (Å²) in [7, 11) is 0. The fraction of sp³-hybridized carbons (Fsp3) is 0.400. The van der Waals surface area contributed by atoms with Crippen LogP contribution in [0.3, 0.4) is 0 Å². The molecule has 1 N–H and O–H groups in total. The quantitative estimate of drug-likeness (QED) is 0.899. The molecular weight excluding hydrogens is 346 g/mol. The first-order chi connectivity index (χ1) is 12.4. The van der Waals surface area contributed by atoms with E-state index in [2.05, 4.69) is 16.3 Å². The molecule has 0 saturated carbocycles.